The number of rotatable bonds is 1. The SMILES string of the molecule is Bc1cnc(N)c(-c2nc3ccccc3[nH]2)n1. The minimum Gasteiger partial charge on any atom is -0.382 e. The molecule has 0 atom stereocenters. The zero-order valence-corrected chi connectivity index (χ0v) is 9.31. The Hall–Kier alpha value is -2.37. The number of imidazole rings is 1. The number of fused-ring (bicyclic) bond motifs is 1. The van der Waals surface area contributed by atoms with Crippen molar-refractivity contribution in [1.82, 2.24) is 19.9 Å². The number of hydrogen-bond donors (Lipinski definition) is 2. The molecule has 3 N–H and O–H groups in total. The summed E-state index contributed by atoms with van der Waals surface area (Å²) in [4.78, 5) is 16.1. The van der Waals surface area contributed by atoms with Gasteiger partial charge in [0.25, 0.3) is 0 Å². The summed E-state index contributed by atoms with van der Waals surface area (Å²) in [5.41, 5.74) is 9.08. The van der Waals surface area contributed by atoms with Gasteiger partial charge in [-0.05, 0) is 12.1 Å². The van der Waals surface area contributed by atoms with Gasteiger partial charge in [-0.1, -0.05) is 12.1 Å². The van der Waals surface area contributed by atoms with Gasteiger partial charge in [-0.25, -0.2) is 9.97 Å². The lowest BCUT2D eigenvalue weighted by molar-refractivity contribution is 1.20. The molecule has 0 aliphatic heterocycles. The number of nitrogens with zero attached hydrogens (tertiary/aromatic N) is 3. The largest absolute Gasteiger partial charge is 0.382 e. The third-order valence-corrected chi connectivity index (χ3v) is 2.53. The molecule has 2 heterocycles. The molecule has 3 rings (SSSR count). The van der Waals surface area contributed by atoms with E-state index in [0.29, 0.717) is 17.3 Å². The van der Waals surface area contributed by atoms with Crippen LogP contribution in [-0.4, -0.2) is 27.8 Å². The summed E-state index contributed by atoms with van der Waals surface area (Å²) >= 11 is 0. The Balaban J connectivity index is 2.23. The zero-order chi connectivity index (χ0) is 11.8. The van der Waals surface area contributed by atoms with Crippen LogP contribution in [0.3, 0.4) is 0 Å². The highest BCUT2D eigenvalue weighted by Crippen LogP contribution is 2.20. The molecule has 0 bridgehead atoms. The van der Waals surface area contributed by atoms with Crippen LogP contribution in [0.15, 0.2) is 30.5 Å². The van der Waals surface area contributed by atoms with E-state index in [2.05, 4.69) is 19.9 Å². The van der Waals surface area contributed by atoms with Crippen LogP contribution in [0.25, 0.3) is 22.6 Å². The van der Waals surface area contributed by atoms with Gasteiger partial charge in [-0.2, -0.15) is 0 Å². The molecular weight excluding hydrogens is 213 g/mol. The molecule has 0 amide bonds. The van der Waals surface area contributed by atoms with Crippen LogP contribution in [0, 0.1) is 0 Å². The van der Waals surface area contributed by atoms with Crippen molar-refractivity contribution in [3.8, 4) is 11.5 Å². The highest BCUT2D eigenvalue weighted by Gasteiger charge is 2.10. The molecule has 3 aromatic rings. The number of para-hydroxylation sites is 2. The number of benzene rings is 1. The first-order valence-electron chi connectivity index (χ1n) is 5.28. The van der Waals surface area contributed by atoms with E-state index in [4.69, 9.17) is 5.73 Å². The second-order valence-corrected chi connectivity index (χ2v) is 3.85. The average Bonchev–Trinajstić information content (AvgIpc) is 2.75. The lowest BCUT2D eigenvalue weighted by Gasteiger charge is -2.01. The predicted molar refractivity (Wildman–Crippen MR) is 69.7 cm³/mol. The molecule has 0 fully saturated rings. The van der Waals surface area contributed by atoms with E-state index in [-0.39, 0.29) is 0 Å². The maximum atomic E-state index is 5.81. The number of aromatic amines is 1. The van der Waals surface area contributed by atoms with Crippen LogP contribution >= 0.6 is 0 Å². The summed E-state index contributed by atoms with van der Waals surface area (Å²) in [7, 11) is 1.87. The van der Waals surface area contributed by atoms with Crippen molar-refractivity contribution < 1.29 is 0 Å². The lowest BCUT2D eigenvalue weighted by Crippen LogP contribution is -2.12. The summed E-state index contributed by atoms with van der Waals surface area (Å²) in [5.74, 6) is 1.04. The van der Waals surface area contributed by atoms with Crippen LogP contribution in [0.4, 0.5) is 5.82 Å². The third-order valence-electron chi connectivity index (χ3n) is 2.53. The van der Waals surface area contributed by atoms with Crippen LogP contribution < -0.4 is 11.3 Å². The highest BCUT2D eigenvalue weighted by molar-refractivity contribution is 6.30. The van der Waals surface area contributed by atoms with Crippen molar-refractivity contribution in [2.45, 2.75) is 0 Å². The number of anilines is 1. The molecular formula is C11H10BN5. The quantitative estimate of drug-likeness (QED) is 0.562. The van der Waals surface area contributed by atoms with Gasteiger partial charge in [0, 0.05) is 11.8 Å². The molecule has 0 aliphatic carbocycles. The van der Waals surface area contributed by atoms with Crippen molar-refractivity contribution in [2.75, 3.05) is 5.73 Å². The van der Waals surface area contributed by atoms with E-state index in [9.17, 15) is 0 Å². The topological polar surface area (TPSA) is 80.5 Å². The van der Waals surface area contributed by atoms with Crippen molar-refractivity contribution in [2.24, 2.45) is 0 Å². The Morgan fingerprint density at radius 3 is 2.82 bits per heavy atom. The first-order chi connectivity index (χ1) is 8.24. The molecule has 0 radical (unpaired) electrons. The molecule has 6 heteroatoms. The van der Waals surface area contributed by atoms with Gasteiger partial charge >= 0.3 is 0 Å². The maximum Gasteiger partial charge on any atom is 0.166 e. The molecule has 0 saturated heterocycles. The fourth-order valence-corrected chi connectivity index (χ4v) is 1.73. The Kier molecular flexibility index (Phi) is 2.07. The smallest absolute Gasteiger partial charge is 0.166 e. The molecule has 2 aromatic heterocycles. The number of aromatic nitrogens is 4. The van der Waals surface area contributed by atoms with Gasteiger partial charge in [0.05, 0.1) is 11.0 Å². The predicted octanol–water partition coefficient (Wildman–Crippen LogP) is -0.140. The number of nitrogens with one attached hydrogen (secondary N) is 1. The van der Waals surface area contributed by atoms with Crippen molar-refractivity contribution in [1.29, 1.82) is 0 Å². The van der Waals surface area contributed by atoms with Gasteiger partial charge in [-0.3, -0.25) is 4.98 Å². The van der Waals surface area contributed by atoms with Gasteiger partial charge in [0.2, 0.25) is 0 Å². The summed E-state index contributed by atoms with van der Waals surface area (Å²) < 4.78 is 0. The lowest BCUT2D eigenvalue weighted by atomic mass is 10.1. The first kappa shape index (κ1) is 9.83. The number of H-pyrrole nitrogens is 1. The summed E-state index contributed by atoms with van der Waals surface area (Å²) in [6.45, 7) is 0. The minimum atomic E-state index is 0.384. The van der Waals surface area contributed by atoms with Gasteiger partial charge in [0.15, 0.2) is 19.5 Å². The second kappa shape index (κ2) is 3.59. The van der Waals surface area contributed by atoms with E-state index in [0.717, 1.165) is 16.6 Å². The van der Waals surface area contributed by atoms with E-state index in [1.165, 1.54) is 0 Å². The van der Waals surface area contributed by atoms with Crippen molar-refractivity contribution in [3.63, 3.8) is 0 Å². The normalized spacial score (nSPS) is 10.8. The molecule has 0 aliphatic rings. The first-order valence-corrected chi connectivity index (χ1v) is 5.28. The van der Waals surface area contributed by atoms with Crippen molar-refractivity contribution >= 4 is 30.3 Å². The fourth-order valence-electron chi connectivity index (χ4n) is 1.73. The van der Waals surface area contributed by atoms with E-state index >= 15 is 0 Å². The van der Waals surface area contributed by atoms with Crippen LogP contribution in [-0.2, 0) is 0 Å². The van der Waals surface area contributed by atoms with Crippen LogP contribution in [0.1, 0.15) is 0 Å². The zero-order valence-electron chi connectivity index (χ0n) is 9.31. The maximum absolute atomic E-state index is 5.81. The third kappa shape index (κ3) is 1.63. The van der Waals surface area contributed by atoms with Gasteiger partial charge < -0.3 is 10.7 Å². The molecule has 82 valence electrons. The second-order valence-electron chi connectivity index (χ2n) is 3.85. The number of nitrogen functional groups attached to an aromatic ring is 1. The van der Waals surface area contributed by atoms with E-state index < -0.39 is 0 Å². The van der Waals surface area contributed by atoms with E-state index in [1.807, 2.05) is 32.1 Å². The Labute approximate surface area is 98.5 Å². The Morgan fingerprint density at radius 2 is 2.00 bits per heavy atom. The number of hydrogen-bond acceptors (Lipinski definition) is 4. The molecule has 1 aromatic carbocycles. The summed E-state index contributed by atoms with van der Waals surface area (Å²) in [5, 5.41) is 0. The van der Waals surface area contributed by atoms with E-state index in [1.54, 1.807) is 6.20 Å². The fraction of sp³-hybridized carbons (Fsp3) is 0. The summed E-state index contributed by atoms with van der Waals surface area (Å²) in [6, 6.07) is 7.80. The molecule has 17 heavy (non-hydrogen) atoms. The molecule has 0 spiro atoms. The summed E-state index contributed by atoms with van der Waals surface area (Å²) in [6.07, 6.45) is 1.64. The minimum absolute atomic E-state index is 0.384. The monoisotopic (exact) mass is 223 g/mol. The molecule has 0 saturated carbocycles. The van der Waals surface area contributed by atoms with Crippen molar-refractivity contribution in [3.05, 3.63) is 30.5 Å². The van der Waals surface area contributed by atoms with Crippen LogP contribution in [0.2, 0.25) is 0 Å². The average molecular weight is 223 g/mol. The number of nitrogens with two attached hydrogens (primary N) is 1. The van der Waals surface area contributed by atoms with Gasteiger partial charge in [0.1, 0.15) is 5.69 Å². The Morgan fingerprint density at radius 1 is 1.18 bits per heavy atom. The van der Waals surface area contributed by atoms with Crippen LogP contribution in [0.5, 0.6) is 0 Å². The standard InChI is InChI=1S/C11H10BN5/c12-8-5-14-10(13)9(17-8)11-15-6-3-1-2-4-7(6)16-11/h1-5H,12H2,(H2,13,14)(H,15,16). The molecule has 0 unspecified atom stereocenters. The van der Waals surface area contributed by atoms with Gasteiger partial charge in [-0.15, -0.1) is 0 Å². The Bertz CT molecular complexity index is 658. The highest BCUT2D eigenvalue weighted by atomic mass is 15.0. The molecule has 5 nitrogen and oxygen atoms in total.